The lowest BCUT2D eigenvalue weighted by Crippen LogP contribution is -2.48. The summed E-state index contributed by atoms with van der Waals surface area (Å²) in [6, 6.07) is 7.14. The Labute approximate surface area is 116 Å². The lowest BCUT2D eigenvalue weighted by atomic mass is 9.95. The minimum absolute atomic E-state index is 0.0654. The van der Waals surface area contributed by atoms with E-state index in [2.05, 4.69) is 4.74 Å². The van der Waals surface area contributed by atoms with Crippen molar-refractivity contribution < 1.29 is 36.2 Å². The van der Waals surface area contributed by atoms with E-state index in [1.807, 2.05) is 0 Å². The first-order chi connectivity index (χ1) is 9.50. The van der Waals surface area contributed by atoms with Crippen molar-refractivity contribution in [3.05, 3.63) is 35.9 Å². The van der Waals surface area contributed by atoms with Crippen LogP contribution in [0.4, 0.5) is 26.3 Å². The maximum atomic E-state index is 12.3. The average molecular weight is 317 g/mol. The minimum Gasteiger partial charge on any atom is -0.381 e. The summed E-state index contributed by atoms with van der Waals surface area (Å²) in [7, 11) is 0. The van der Waals surface area contributed by atoms with Gasteiger partial charge in [0.05, 0.1) is 6.61 Å². The van der Waals surface area contributed by atoms with Crippen molar-refractivity contribution >= 4 is 0 Å². The molecule has 0 fully saturated rings. The first-order valence-electron chi connectivity index (χ1n) is 5.74. The van der Waals surface area contributed by atoms with Crippen molar-refractivity contribution in [3.63, 3.8) is 0 Å². The molecule has 120 valence electrons. The first-order valence-corrected chi connectivity index (χ1v) is 5.74. The number of halogens is 6. The molecule has 0 heterocycles. The van der Waals surface area contributed by atoms with Crippen molar-refractivity contribution in [3.8, 4) is 0 Å². The number of nitrogens with two attached hydrogens (primary N) is 1. The van der Waals surface area contributed by atoms with Crippen molar-refractivity contribution in [2.45, 2.75) is 24.1 Å². The van der Waals surface area contributed by atoms with E-state index in [0.29, 0.717) is 0 Å². The molecule has 3 N–H and O–H groups in total. The smallest absolute Gasteiger partial charge is 0.381 e. The molecule has 0 aromatic heterocycles. The van der Waals surface area contributed by atoms with Crippen LogP contribution >= 0.6 is 0 Å². The van der Waals surface area contributed by atoms with Crippen LogP contribution in [0, 0.1) is 0 Å². The van der Waals surface area contributed by atoms with Crippen LogP contribution in [0.5, 0.6) is 0 Å². The molecule has 0 saturated heterocycles. The summed E-state index contributed by atoms with van der Waals surface area (Å²) in [6.07, 6.45) is -15.2. The van der Waals surface area contributed by atoms with Crippen molar-refractivity contribution in [1.82, 2.24) is 0 Å². The van der Waals surface area contributed by atoms with Crippen LogP contribution in [0.1, 0.15) is 5.56 Å². The summed E-state index contributed by atoms with van der Waals surface area (Å²) >= 11 is 0. The van der Waals surface area contributed by atoms with Gasteiger partial charge in [-0.1, -0.05) is 30.3 Å². The van der Waals surface area contributed by atoms with Gasteiger partial charge in [0.25, 0.3) is 0 Å². The molecule has 1 rings (SSSR count). The minimum atomic E-state index is -5.63. The van der Waals surface area contributed by atoms with Gasteiger partial charge < -0.3 is 15.6 Å². The molecule has 1 unspecified atom stereocenters. The van der Waals surface area contributed by atoms with Crippen molar-refractivity contribution in [2.24, 2.45) is 5.73 Å². The molecule has 1 aromatic rings. The van der Waals surface area contributed by atoms with E-state index >= 15 is 0 Å². The molecule has 0 aliphatic rings. The highest BCUT2D eigenvalue weighted by atomic mass is 19.4. The summed E-state index contributed by atoms with van der Waals surface area (Å²) in [5.41, 5.74) is 3.17. The number of benzene rings is 1. The molecular weight excluding hydrogens is 304 g/mol. The number of alkyl halides is 6. The Morgan fingerprint density at radius 2 is 1.48 bits per heavy atom. The zero-order valence-corrected chi connectivity index (χ0v) is 10.6. The topological polar surface area (TPSA) is 55.5 Å². The lowest BCUT2D eigenvalue weighted by molar-refractivity contribution is -0.328. The maximum Gasteiger partial charge on any atom is 0.423 e. The van der Waals surface area contributed by atoms with Gasteiger partial charge in [0, 0.05) is 6.54 Å². The highest BCUT2D eigenvalue weighted by molar-refractivity contribution is 5.22. The third kappa shape index (κ3) is 4.58. The summed E-state index contributed by atoms with van der Waals surface area (Å²) in [6.45, 7) is -1.84. The van der Waals surface area contributed by atoms with E-state index in [9.17, 15) is 31.4 Å². The number of ether oxygens (including phenoxy) is 1. The van der Waals surface area contributed by atoms with Gasteiger partial charge in [-0.2, -0.15) is 26.3 Å². The molecular formula is C12H13F6NO2. The molecule has 0 aliphatic carbocycles. The standard InChI is InChI=1S/C12H13F6NO2/c13-11(14,15)9(12(16,17)18)21-7-10(20,6-19)8-4-2-1-3-5-8/h1-5,9,20H,6-7,19H2. The van der Waals surface area contributed by atoms with Gasteiger partial charge in [-0.3, -0.25) is 0 Å². The van der Waals surface area contributed by atoms with Gasteiger partial charge in [-0.05, 0) is 5.56 Å². The monoisotopic (exact) mass is 317 g/mol. The van der Waals surface area contributed by atoms with Crippen LogP contribution in [0.3, 0.4) is 0 Å². The van der Waals surface area contributed by atoms with Crippen LogP contribution in [0.25, 0.3) is 0 Å². The maximum absolute atomic E-state index is 12.3. The molecule has 21 heavy (non-hydrogen) atoms. The fourth-order valence-corrected chi connectivity index (χ4v) is 1.60. The van der Waals surface area contributed by atoms with Crippen LogP contribution in [0.2, 0.25) is 0 Å². The summed E-state index contributed by atoms with van der Waals surface area (Å²) < 4.78 is 77.9. The Morgan fingerprint density at radius 3 is 1.86 bits per heavy atom. The van der Waals surface area contributed by atoms with Gasteiger partial charge in [0.1, 0.15) is 5.60 Å². The second kappa shape index (κ2) is 6.20. The van der Waals surface area contributed by atoms with Crippen molar-refractivity contribution in [2.75, 3.05) is 13.2 Å². The molecule has 0 amide bonds. The number of aliphatic hydroxyl groups is 1. The Bertz CT molecular complexity index is 433. The van der Waals surface area contributed by atoms with Crippen LogP contribution < -0.4 is 5.73 Å². The molecule has 1 aromatic carbocycles. The predicted molar refractivity (Wildman–Crippen MR) is 61.2 cm³/mol. The summed E-state index contributed by atoms with van der Waals surface area (Å²) in [4.78, 5) is 0. The van der Waals surface area contributed by atoms with E-state index < -0.39 is 37.2 Å². The normalized spacial score (nSPS) is 16.0. The lowest BCUT2D eigenvalue weighted by Gasteiger charge is -2.30. The highest BCUT2D eigenvalue weighted by Gasteiger charge is 2.58. The van der Waals surface area contributed by atoms with Gasteiger partial charge in [-0.25, -0.2) is 0 Å². The molecule has 0 bridgehead atoms. The Kier molecular flexibility index (Phi) is 5.24. The zero-order valence-electron chi connectivity index (χ0n) is 10.6. The van der Waals surface area contributed by atoms with E-state index in [1.54, 1.807) is 6.07 Å². The highest BCUT2D eigenvalue weighted by Crippen LogP contribution is 2.36. The number of hydrogen-bond acceptors (Lipinski definition) is 3. The molecule has 0 radical (unpaired) electrons. The van der Waals surface area contributed by atoms with Gasteiger partial charge in [-0.15, -0.1) is 0 Å². The third-order valence-electron chi connectivity index (χ3n) is 2.73. The Morgan fingerprint density at radius 1 is 1.00 bits per heavy atom. The van der Waals surface area contributed by atoms with Crippen LogP contribution in [-0.2, 0) is 10.3 Å². The van der Waals surface area contributed by atoms with E-state index in [-0.39, 0.29) is 5.56 Å². The second-order valence-corrected chi connectivity index (χ2v) is 4.38. The molecule has 9 heteroatoms. The molecule has 0 saturated carbocycles. The van der Waals surface area contributed by atoms with E-state index in [4.69, 9.17) is 5.73 Å². The van der Waals surface area contributed by atoms with Gasteiger partial charge in [0.15, 0.2) is 0 Å². The van der Waals surface area contributed by atoms with Crippen LogP contribution in [0.15, 0.2) is 30.3 Å². The Balaban J connectivity index is 2.92. The van der Waals surface area contributed by atoms with Gasteiger partial charge >= 0.3 is 12.4 Å². The predicted octanol–water partition coefficient (Wildman–Crippen LogP) is 2.34. The zero-order chi connectivity index (χ0) is 16.3. The number of hydrogen-bond donors (Lipinski definition) is 2. The molecule has 0 aliphatic heterocycles. The molecule has 3 nitrogen and oxygen atoms in total. The molecule has 1 atom stereocenters. The third-order valence-corrected chi connectivity index (χ3v) is 2.73. The number of rotatable bonds is 5. The van der Waals surface area contributed by atoms with Crippen LogP contribution in [-0.4, -0.2) is 36.7 Å². The fraction of sp³-hybridized carbons (Fsp3) is 0.500. The summed E-state index contributed by atoms with van der Waals surface area (Å²) in [5, 5.41) is 10.1. The van der Waals surface area contributed by atoms with E-state index in [0.717, 1.165) is 0 Å². The summed E-state index contributed by atoms with van der Waals surface area (Å²) in [5.74, 6) is 0. The quantitative estimate of drug-likeness (QED) is 0.820. The Hall–Kier alpha value is -1.32. The first kappa shape index (κ1) is 17.7. The molecule has 0 spiro atoms. The fourth-order valence-electron chi connectivity index (χ4n) is 1.60. The van der Waals surface area contributed by atoms with E-state index in [1.165, 1.54) is 24.3 Å². The SMILES string of the molecule is NCC(O)(COC(C(F)(F)F)C(F)(F)F)c1ccccc1. The average Bonchev–Trinajstić information content (AvgIpc) is 2.36. The van der Waals surface area contributed by atoms with Gasteiger partial charge in [0.2, 0.25) is 6.10 Å². The largest absolute Gasteiger partial charge is 0.423 e. The van der Waals surface area contributed by atoms with Crippen molar-refractivity contribution in [1.29, 1.82) is 0 Å². The second-order valence-electron chi connectivity index (χ2n) is 4.38.